The van der Waals surface area contributed by atoms with Crippen LogP contribution in [0.5, 0.6) is 17.2 Å². The number of halogens is 3. The number of phenols is 1. The molecule has 0 spiro atoms. The molecule has 0 bridgehead atoms. The highest BCUT2D eigenvalue weighted by Crippen LogP contribution is 2.47. The number of phenolic OH excluding ortho intramolecular Hbond substituents is 1. The Balaban J connectivity index is 0.729. The van der Waals surface area contributed by atoms with E-state index in [1.165, 1.54) is 52.2 Å². The van der Waals surface area contributed by atoms with Gasteiger partial charge in [0.1, 0.15) is 23.4 Å². The molecule has 0 radical (unpaired) electrons. The Morgan fingerprint density at radius 2 is 1.51 bits per heavy atom. The van der Waals surface area contributed by atoms with Crippen molar-refractivity contribution in [3.05, 3.63) is 196 Å². The molecule has 0 saturated carbocycles. The summed E-state index contributed by atoms with van der Waals surface area (Å²) in [4.78, 5) is 33.3. The summed E-state index contributed by atoms with van der Waals surface area (Å²) in [7, 11) is 0. The van der Waals surface area contributed by atoms with Crippen molar-refractivity contribution in [2.75, 3.05) is 13.1 Å². The van der Waals surface area contributed by atoms with Crippen molar-refractivity contribution in [1.82, 2.24) is 24.8 Å². The van der Waals surface area contributed by atoms with Crippen LogP contribution < -0.4 is 14.8 Å². The van der Waals surface area contributed by atoms with Gasteiger partial charge in [-0.05, 0) is 101 Å². The third-order valence-corrected chi connectivity index (χ3v) is 14.0. The number of aromatic hydroxyl groups is 1. The van der Waals surface area contributed by atoms with E-state index in [-0.39, 0.29) is 30.0 Å². The van der Waals surface area contributed by atoms with Crippen molar-refractivity contribution in [2.24, 2.45) is 0 Å². The number of ether oxygens (including phenoxy) is 2. The number of aromatic nitrogens is 3. The molecule has 2 atom stereocenters. The molecule has 2 unspecified atom stereocenters. The normalized spacial score (nSPS) is 16.3. The Bertz CT molecular complexity index is 3120. The molecule has 1 saturated heterocycles. The lowest BCUT2D eigenvalue weighted by Gasteiger charge is -2.35. The number of para-hydroxylation sites is 2. The first-order valence-corrected chi connectivity index (χ1v) is 24.0. The number of alkyl halides is 3. The van der Waals surface area contributed by atoms with Gasteiger partial charge in [-0.2, -0.15) is 5.10 Å². The summed E-state index contributed by atoms with van der Waals surface area (Å²) in [5.74, 6) is 0.952. The minimum absolute atomic E-state index is 0.0120. The average molecular weight is 948 g/mol. The summed E-state index contributed by atoms with van der Waals surface area (Å²) < 4.78 is 51.2. The molecule has 10 nitrogen and oxygen atoms in total. The molecule has 8 aromatic rings. The fraction of sp³-hybridized carbons (Fsp3) is 0.236. The number of piperidine rings is 1. The summed E-state index contributed by atoms with van der Waals surface area (Å²) in [6.45, 7) is 1.21. The number of nitrogens with zero attached hydrogens (tertiary/aromatic N) is 4. The van der Waals surface area contributed by atoms with E-state index in [9.17, 15) is 27.9 Å². The van der Waals surface area contributed by atoms with Gasteiger partial charge in [0.25, 0.3) is 5.91 Å². The number of carbonyl (C=O) groups is 2. The number of thioether (sulfide) groups is 1. The van der Waals surface area contributed by atoms with E-state index in [0.717, 1.165) is 65.0 Å². The zero-order valence-electron chi connectivity index (χ0n) is 37.4. The van der Waals surface area contributed by atoms with Crippen LogP contribution in [0.3, 0.4) is 0 Å². The number of likely N-dealkylation sites (tertiary alicyclic amines) is 1. The van der Waals surface area contributed by atoms with Gasteiger partial charge in [-0.3, -0.25) is 9.59 Å². The van der Waals surface area contributed by atoms with Crippen LogP contribution in [-0.2, 0) is 29.9 Å². The van der Waals surface area contributed by atoms with Crippen LogP contribution in [0.4, 0.5) is 13.2 Å². The summed E-state index contributed by atoms with van der Waals surface area (Å²) in [6.07, 6.45) is -1.21. The molecule has 3 heterocycles. The van der Waals surface area contributed by atoms with Gasteiger partial charge < -0.3 is 24.8 Å². The molecular formula is C55H48F3N5O5S. The topological polar surface area (TPSA) is 118 Å². The van der Waals surface area contributed by atoms with Crippen LogP contribution in [0.2, 0.25) is 0 Å². The van der Waals surface area contributed by atoms with E-state index < -0.39 is 18.0 Å². The zero-order valence-corrected chi connectivity index (χ0v) is 38.3. The third kappa shape index (κ3) is 10.4. The van der Waals surface area contributed by atoms with Gasteiger partial charge in [0.05, 0.1) is 35.3 Å². The fourth-order valence-corrected chi connectivity index (χ4v) is 10.6. The van der Waals surface area contributed by atoms with Crippen LogP contribution in [-0.4, -0.2) is 62.0 Å². The summed E-state index contributed by atoms with van der Waals surface area (Å²) in [5.41, 5.74) is 8.75. The number of amides is 2. The number of hydrogen-bond donors (Lipinski definition) is 2. The van der Waals surface area contributed by atoms with E-state index in [0.29, 0.717) is 47.8 Å². The molecule has 1 aliphatic carbocycles. The first kappa shape index (κ1) is 45.5. The molecule has 2 aromatic heterocycles. The Morgan fingerprint density at radius 3 is 2.29 bits per heavy atom. The number of carbonyl (C=O) groups excluding carboxylic acids is 2. The highest BCUT2D eigenvalue weighted by atomic mass is 32.2. The molecule has 350 valence electrons. The maximum Gasteiger partial charge on any atom is 0.573 e. The lowest BCUT2D eigenvalue weighted by molar-refractivity contribution is -0.274. The Hall–Kier alpha value is -7.32. The number of aryl methyl sites for hydroxylation is 1. The van der Waals surface area contributed by atoms with E-state index >= 15 is 0 Å². The lowest BCUT2D eigenvalue weighted by Crippen LogP contribution is -2.42. The van der Waals surface area contributed by atoms with E-state index in [1.54, 1.807) is 10.6 Å². The van der Waals surface area contributed by atoms with Gasteiger partial charge in [0.15, 0.2) is 5.16 Å². The molecule has 2 N–H and O–H groups in total. The van der Waals surface area contributed by atoms with Crippen LogP contribution >= 0.6 is 11.8 Å². The maximum atomic E-state index is 13.5. The predicted molar refractivity (Wildman–Crippen MR) is 259 cm³/mol. The first-order chi connectivity index (χ1) is 33.5. The van der Waals surface area contributed by atoms with Gasteiger partial charge >= 0.3 is 6.36 Å². The predicted octanol–water partition coefficient (Wildman–Crippen LogP) is 11.2. The van der Waals surface area contributed by atoms with Crippen molar-refractivity contribution >= 4 is 40.0 Å². The van der Waals surface area contributed by atoms with Crippen LogP contribution in [0.25, 0.3) is 16.4 Å². The van der Waals surface area contributed by atoms with E-state index in [4.69, 9.17) is 14.8 Å². The average Bonchev–Trinajstić information content (AvgIpc) is 3.80. The summed E-state index contributed by atoms with van der Waals surface area (Å²) in [5, 5.41) is 19.1. The second-order valence-electron chi connectivity index (χ2n) is 17.5. The largest absolute Gasteiger partial charge is 0.573 e. The molecule has 1 fully saturated rings. The SMILES string of the molecule is O=C(NCc1cc2c3ccccc3nc(SCc3ccc(CC(=O)N4CCC(Oc5ccc(C6c7ccc(O)cc7CCC6c6ccccc6)cc5)CC4)cc3)n2n1)c1ccccc1OC(F)(F)F. The summed E-state index contributed by atoms with van der Waals surface area (Å²) in [6, 6.07) is 47.6. The molecule has 10 rings (SSSR count). The first-order valence-electron chi connectivity index (χ1n) is 23.0. The van der Waals surface area contributed by atoms with Crippen molar-refractivity contribution < 1.29 is 37.3 Å². The highest BCUT2D eigenvalue weighted by Gasteiger charge is 2.34. The second-order valence-corrected chi connectivity index (χ2v) is 18.5. The highest BCUT2D eigenvalue weighted by molar-refractivity contribution is 7.98. The molecule has 1 aliphatic heterocycles. The number of fused-ring (bicyclic) bond motifs is 4. The molecule has 69 heavy (non-hydrogen) atoms. The number of rotatable bonds is 13. The van der Waals surface area contributed by atoms with Gasteiger partial charge in [0.2, 0.25) is 5.91 Å². The maximum absolute atomic E-state index is 13.5. The lowest BCUT2D eigenvalue weighted by atomic mass is 9.69. The third-order valence-electron chi connectivity index (χ3n) is 13.0. The fourth-order valence-electron chi connectivity index (χ4n) is 9.65. The van der Waals surface area contributed by atoms with Crippen molar-refractivity contribution in [3.8, 4) is 17.2 Å². The minimum Gasteiger partial charge on any atom is -0.508 e. The minimum atomic E-state index is -4.94. The number of nitrogens with one attached hydrogen (secondary N) is 1. The second kappa shape index (κ2) is 19.7. The van der Waals surface area contributed by atoms with Crippen molar-refractivity contribution in [2.45, 2.75) is 73.9 Å². The standard InChI is InChI=1S/C55H48F3N5O5S/c56-55(57,58)68-50-13-7-5-11-47(50)53(66)59-33-40-32-49-46-10-4-6-12-48(46)60-54(63(49)61-40)69-34-36-16-14-35(15-17-36)30-51(65)62-28-26-43(27-29-62)67-42-22-18-38(19-23-42)52-44(37-8-2-1-3-9-37)24-20-39-31-41(64)21-25-45(39)52/h1-19,21-23,25,31-32,43-44,52,64H,20,24,26-30,33-34H2,(H,59,66). The molecule has 14 heteroatoms. The van der Waals surface area contributed by atoms with E-state index in [2.05, 4.69) is 70.7 Å². The molecule has 2 amide bonds. The van der Waals surface area contributed by atoms with Crippen LogP contribution in [0, 0.1) is 0 Å². The van der Waals surface area contributed by atoms with E-state index in [1.807, 2.05) is 65.6 Å². The Kier molecular flexibility index (Phi) is 13.0. The van der Waals surface area contributed by atoms with Gasteiger partial charge in [-0.1, -0.05) is 115 Å². The Labute approximate surface area is 401 Å². The smallest absolute Gasteiger partial charge is 0.508 e. The van der Waals surface area contributed by atoms with Crippen molar-refractivity contribution in [3.63, 3.8) is 0 Å². The van der Waals surface area contributed by atoms with Crippen LogP contribution in [0.1, 0.15) is 80.5 Å². The zero-order chi connectivity index (χ0) is 47.5. The van der Waals surface area contributed by atoms with Gasteiger partial charge in [0, 0.05) is 43.0 Å². The number of benzene rings is 6. The van der Waals surface area contributed by atoms with Gasteiger partial charge in [-0.15, -0.1) is 13.2 Å². The van der Waals surface area contributed by atoms with Crippen LogP contribution in [0.15, 0.2) is 157 Å². The monoisotopic (exact) mass is 947 g/mol. The summed E-state index contributed by atoms with van der Waals surface area (Å²) >= 11 is 1.49. The van der Waals surface area contributed by atoms with Gasteiger partial charge in [-0.25, -0.2) is 9.50 Å². The molecule has 6 aromatic carbocycles. The molecular weight excluding hydrogens is 900 g/mol. The van der Waals surface area contributed by atoms with Crippen molar-refractivity contribution in [1.29, 1.82) is 0 Å². The Morgan fingerprint density at radius 1 is 0.783 bits per heavy atom. The molecule has 2 aliphatic rings. The quantitative estimate of drug-likeness (QED) is 0.0867. The number of hydrogen-bond acceptors (Lipinski definition) is 8.